The fraction of sp³-hybridized carbons (Fsp3) is 0.586. The minimum absolute atomic E-state index is 0.185. The lowest BCUT2D eigenvalue weighted by Crippen LogP contribution is -2.63. The summed E-state index contributed by atoms with van der Waals surface area (Å²) < 4.78 is 76.2. The largest absolute Gasteiger partial charge is 0.378 e. The zero-order valence-electron chi connectivity index (χ0n) is 23.5. The number of aryl methyl sites for hydroxylation is 1. The smallest absolute Gasteiger partial charge is 0.243 e. The molecule has 0 aromatic heterocycles. The van der Waals surface area contributed by atoms with Crippen LogP contribution in [0.25, 0.3) is 0 Å². The van der Waals surface area contributed by atoms with E-state index in [9.17, 15) is 8.42 Å². The van der Waals surface area contributed by atoms with Crippen molar-refractivity contribution in [3.05, 3.63) is 65.7 Å². The minimum atomic E-state index is -3.71. The van der Waals surface area contributed by atoms with Crippen LogP contribution in [0.1, 0.15) is 17.4 Å². The lowest BCUT2D eigenvalue weighted by Gasteiger charge is -2.48. The van der Waals surface area contributed by atoms with Gasteiger partial charge in [0, 0.05) is 25.8 Å². The monoisotopic (exact) mass is 593 g/mol. The first-order valence-corrected chi connectivity index (χ1v) is 15.4. The van der Waals surface area contributed by atoms with Gasteiger partial charge in [-0.05, 0) is 19.1 Å². The van der Waals surface area contributed by atoms with Gasteiger partial charge in [0.05, 0.1) is 51.1 Å². The zero-order valence-corrected chi connectivity index (χ0v) is 24.3. The Labute approximate surface area is 241 Å². The molecule has 3 heterocycles. The first-order valence-electron chi connectivity index (χ1n) is 13.9. The third-order valence-electron chi connectivity index (χ3n) is 7.29. The van der Waals surface area contributed by atoms with Crippen molar-refractivity contribution in [1.29, 1.82) is 0 Å². The minimum Gasteiger partial charge on any atom is -0.378 e. The highest BCUT2D eigenvalue weighted by Gasteiger charge is 2.51. The molecule has 41 heavy (non-hydrogen) atoms. The van der Waals surface area contributed by atoms with E-state index in [2.05, 4.69) is 0 Å². The average Bonchev–Trinajstić information content (AvgIpc) is 3.00. The summed E-state index contributed by atoms with van der Waals surface area (Å²) in [6, 6.07) is 16.5. The van der Waals surface area contributed by atoms with E-state index in [0.717, 1.165) is 11.1 Å². The van der Waals surface area contributed by atoms with Gasteiger partial charge in [-0.1, -0.05) is 48.0 Å². The van der Waals surface area contributed by atoms with Crippen molar-refractivity contribution in [1.82, 2.24) is 4.31 Å². The summed E-state index contributed by atoms with van der Waals surface area (Å²) in [6.07, 6.45) is -3.28. The van der Waals surface area contributed by atoms with Gasteiger partial charge in [0.25, 0.3) is 0 Å². The molecule has 0 unspecified atom stereocenters. The van der Waals surface area contributed by atoms with Crippen molar-refractivity contribution in [3.8, 4) is 0 Å². The zero-order chi connectivity index (χ0) is 28.7. The van der Waals surface area contributed by atoms with Gasteiger partial charge in [0.1, 0.15) is 24.4 Å². The summed E-state index contributed by atoms with van der Waals surface area (Å²) in [6.45, 7) is 3.97. The molecular formula is C29H39NO10S. The number of benzene rings is 2. The molecule has 0 saturated carbocycles. The molecule has 0 radical (unpaired) electrons. The van der Waals surface area contributed by atoms with E-state index in [0.29, 0.717) is 6.61 Å². The molecule has 3 aliphatic heterocycles. The number of ether oxygens (including phenoxy) is 8. The van der Waals surface area contributed by atoms with Gasteiger partial charge in [0.15, 0.2) is 12.6 Å². The van der Waals surface area contributed by atoms with Gasteiger partial charge in [0.2, 0.25) is 10.0 Å². The Kier molecular flexibility index (Phi) is 10.8. The number of sulfonamides is 1. The predicted molar refractivity (Wildman–Crippen MR) is 147 cm³/mol. The second-order valence-electron chi connectivity index (χ2n) is 10.1. The van der Waals surface area contributed by atoms with E-state index in [1.807, 2.05) is 37.3 Å². The van der Waals surface area contributed by atoms with Gasteiger partial charge in [-0.15, -0.1) is 0 Å². The number of nitrogens with zero attached hydrogens (tertiary/aromatic N) is 1. The highest BCUT2D eigenvalue weighted by molar-refractivity contribution is 7.89. The molecule has 6 atom stereocenters. The van der Waals surface area contributed by atoms with Crippen molar-refractivity contribution in [2.45, 2.75) is 48.8 Å². The number of rotatable bonds is 4. The molecule has 3 aliphatic rings. The summed E-state index contributed by atoms with van der Waals surface area (Å²) in [5.41, 5.74) is 1.89. The molecule has 12 heteroatoms. The fourth-order valence-electron chi connectivity index (χ4n) is 5.12. The molecule has 0 amide bonds. The number of fused-ring (bicyclic) bond motifs is 3. The van der Waals surface area contributed by atoms with Crippen LogP contribution >= 0.6 is 0 Å². The molecule has 11 nitrogen and oxygen atoms in total. The van der Waals surface area contributed by atoms with Gasteiger partial charge in [-0.3, -0.25) is 0 Å². The quantitative estimate of drug-likeness (QED) is 0.524. The Morgan fingerprint density at radius 2 is 1.41 bits per heavy atom. The highest BCUT2D eigenvalue weighted by atomic mass is 32.2. The predicted octanol–water partition coefficient (Wildman–Crippen LogP) is 2.29. The Morgan fingerprint density at radius 1 is 0.756 bits per heavy atom. The SMILES string of the molecule is CO[C@H]1O[C@@H]2CO[C@@H](c3ccccc3)O[C@H]2[C@@H]2OCCOCCN(S(=O)(=O)c3ccc(C)cc3)CCOCCO[C@H]12. The molecule has 0 spiro atoms. The summed E-state index contributed by atoms with van der Waals surface area (Å²) in [5, 5.41) is 0. The summed E-state index contributed by atoms with van der Waals surface area (Å²) >= 11 is 0. The van der Waals surface area contributed by atoms with Gasteiger partial charge in [-0.25, -0.2) is 8.42 Å². The average molecular weight is 594 g/mol. The molecule has 0 aliphatic carbocycles. The van der Waals surface area contributed by atoms with Gasteiger partial charge >= 0.3 is 0 Å². The van der Waals surface area contributed by atoms with Crippen molar-refractivity contribution in [3.63, 3.8) is 0 Å². The van der Waals surface area contributed by atoms with Crippen LogP contribution in [0.3, 0.4) is 0 Å². The molecule has 2 aromatic rings. The number of hydrogen-bond donors (Lipinski definition) is 0. The first-order chi connectivity index (χ1) is 20.0. The maximum Gasteiger partial charge on any atom is 0.243 e. The lowest BCUT2D eigenvalue weighted by atomic mass is 9.97. The van der Waals surface area contributed by atoms with Gasteiger partial charge in [-0.2, -0.15) is 4.31 Å². The second kappa shape index (κ2) is 14.5. The fourth-order valence-corrected chi connectivity index (χ4v) is 6.52. The van der Waals surface area contributed by atoms with Gasteiger partial charge < -0.3 is 37.9 Å². The van der Waals surface area contributed by atoms with Crippen LogP contribution in [-0.2, 0) is 47.9 Å². The molecule has 0 bridgehead atoms. The summed E-state index contributed by atoms with van der Waals surface area (Å²) in [5.74, 6) is 0. The van der Waals surface area contributed by atoms with E-state index in [4.69, 9.17) is 37.9 Å². The Morgan fingerprint density at radius 3 is 2.07 bits per heavy atom. The molecule has 3 saturated heterocycles. The second-order valence-corrected chi connectivity index (χ2v) is 12.0. The normalized spacial score (nSPS) is 31.3. The van der Waals surface area contributed by atoms with Crippen molar-refractivity contribution >= 4 is 10.0 Å². The molecule has 3 fully saturated rings. The molecule has 5 rings (SSSR count). The van der Waals surface area contributed by atoms with Crippen molar-refractivity contribution in [2.24, 2.45) is 0 Å². The van der Waals surface area contributed by atoms with Crippen molar-refractivity contribution < 1.29 is 46.3 Å². The van der Waals surface area contributed by atoms with Crippen molar-refractivity contribution in [2.75, 3.05) is 66.4 Å². The standard InChI is InChI=1S/C29H39NO10S/c1-21-8-10-23(11-9-21)41(31,32)30-12-14-34-16-18-36-26-25-24(20-38-28(40-25)22-6-4-3-5-7-22)39-29(33-2)27(26)37-19-17-35-15-13-30/h3-11,24-29H,12-20H2,1-2H3/t24-,25-,26+,27+,28-,29+/m1/s1. The highest BCUT2D eigenvalue weighted by Crippen LogP contribution is 2.36. The van der Waals surface area contributed by atoms with Crippen LogP contribution in [0.4, 0.5) is 0 Å². The number of hydrogen-bond acceptors (Lipinski definition) is 10. The maximum atomic E-state index is 13.3. The van der Waals surface area contributed by atoms with E-state index < -0.39 is 47.0 Å². The molecule has 0 N–H and O–H groups in total. The lowest BCUT2D eigenvalue weighted by molar-refractivity contribution is -0.368. The van der Waals surface area contributed by atoms with E-state index >= 15 is 0 Å². The number of methoxy groups -OCH3 is 1. The van der Waals surface area contributed by atoms with Crippen LogP contribution in [0.15, 0.2) is 59.5 Å². The van der Waals surface area contributed by atoms with Crippen LogP contribution in [0.5, 0.6) is 0 Å². The Balaban J connectivity index is 1.26. The molecule has 226 valence electrons. The van der Waals surface area contributed by atoms with E-state index in [1.54, 1.807) is 31.4 Å². The van der Waals surface area contributed by atoms with Crippen LogP contribution in [-0.4, -0.2) is 110 Å². The summed E-state index contributed by atoms with van der Waals surface area (Å²) in [4.78, 5) is 0.238. The molecular weight excluding hydrogens is 554 g/mol. The molecule has 2 aromatic carbocycles. The first kappa shape index (κ1) is 30.5. The van der Waals surface area contributed by atoms with E-state index in [1.165, 1.54) is 4.31 Å². The van der Waals surface area contributed by atoms with E-state index in [-0.39, 0.29) is 57.6 Å². The summed E-state index contributed by atoms with van der Waals surface area (Å²) in [7, 11) is -2.15. The van der Waals surface area contributed by atoms with Crippen LogP contribution in [0, 0.1) is 6.92 Å². The Hall–Kier alpha value is -1.97. The van der Waals surface area contributed by atoms with Crippen LogP contribution < -0.4 is 0 Å². The topological polar surface area (TPSA) is 111 Å². The van der Waals surface area contributed by atoms with Crippen LogP contribution in [0.2, 0.25) is 0 Å². The maximum absolute atomic E-state index is 13.3. The Bertz CT molecular complexity index is 1180. The third kappa shape index (κ3) is 7.52. The third-order valence-corrected chi connectivity index (χ3v) is 9.21.